The van der Waals surface area contributed by atoms with Gasteiger partial charge >= 0.3 is 5.97 Å². The van der Waals surface area contributed by atoms with Gasteiger partial charge in [0, 0.05) is 41.2 Å². The maximum Gasteiger partial charge on any atom is 0.309 e. The summed E-state index contributed by atoms with van der Waals surface area (Å²) in [5, 5.41) is 6.53. The Kier molecular flexibility index (Phi) is 6.63. The Morgan fingerprint density at radius 1 is 1.19 bits per heavy atom. The van der Waals surface area contributed by atoms with Crippen LogP contribution in [0.25, 0.3) is 10.6 Å². The Balaban J connectivity index is 1.57. The highest BCUT2D eigenvalue weighted by Crippen LogP contribution is 2.41. The number of nitrogens with zero attached hydrogens (tertiary/aromatic N) is 1. The highest BCUT2D eigenvalue weighted by atomic mass is 32.1. The first-order chi connectivity index (χ1) is 15.1. The van der Waals surface area contributed by atoms with Crippen molar-refractivity contribution in [3.63, 3.8) is 0 Å². The van der Waals surface area contributed by atoms with Crippen LogP contribution in [0, 0.1) is 11.7 Å². The van der Waals surface area contributed by atoms with Crippen molar-refractivity contribution in [1.82, 2.24) is 10.3 Å². The predicted octanol–water partition coefficient (Wildman–Crippen LogP) is 4.78. The fourth-order valence-corrected chi connectivity index (χ4v) is 5.09. The number of ether oxygens (including phenoxy) is 2. The summed E-state index contributed by atoms with van der Waals surface area (Å²) in [7, 11) is 3.08. The lowest BCUT2D eigenvalue weighted by atomic mass is 9.86. The van der Waals surface area contributed by atoms with E-state index in [1.807, 2.05) is 17.5 Å². The lowest BCUT2D eigenvalue weighted by Gasteiger charge is -2.25. The molecule has 1 aliphatic carbocycles. The topological polar surface area (TPSA) is 60.5 Å². The number of esters is 1. The number of thiazole rings is 1. The lowest BCUT2D eigenvalue weighted by Crippen LogP contribution is -2.34. The normalized spacial score (nSPS) is 20.5. The highest BCUT2D eigenvalue weighted by Gasteiger charge is 2.41. The molecule has 31 heavy (non-hydrogen) atoms. The van der Waals surface area contributed by atoms with Gasteiger partial charge in [0.2, 0.25) is 0 Å². The van der Waals surface area contributed by atoms with Crippen molar-refractivity contribution in [3.05, 3.63) is 71.0 Å². The summed E-state index contributed by atoms with van der Waals surface area (Å²) in [6.45, 7) is 0.582. The summed E-state index contributed by atoms with van der Waals surface area (Å²) >= 11 is 1.59. The smallest absolute Gasteiger partial charge is 0.309 e. The third-order valence-corrected chi connectivity index (χ3v) is 6.75. The zero-order valence-electron chi connectivity index (χ0n) is 17.5. The Morgan fingerprint density at radius 2 is 2.00 bits per heavy atom. The predicted molar refractivity (Wildman–Crippen MR) is 119 cm³/mol. The van der Waals surface area contributed by atoms with Gasteiger partial charge in [0.05, 0.1) is 20.1 Å². The molecule has 1 fully saturated rings. The summed E-state index contributed by atoms with van der Waals surface area (Å²) in [6, 6.07) is 12.5. The third kappa shape index (κ3) is 4.62. The van der Waals surface area contributed by atoms with Gasteiger partial charge in [-0.2, -0.15) is 0 Å². The van der Waals surface area contributed by atoms with Crippen molar-refractivity contribution in [2.75, 3.05) is 14.2 Å². The van der Waals surface area contributed by atoms with Crippen molar-refractivity contribution in [3.8, 4) is 16.3 Å². The number of methoxy groups -OCH3 is 2. The molecule has 1 aliphatic rings. The van der Waals surface area contributed by atoms with Gasteiger partial charge in [-0.05, 0) is 48.7 Å². The minimum atomic E-state index is -0.287. The zero-order valence-corrected chi connectivity index (χ0v) is 18.3. The van der Waals surface area contributed by atoms with Crippen LogP contribution in [0.15, 0.2) is 54.0 Å². The molecule has 1 N–H and O–H groups in total. The molecule has 2 aromatic carbocycles. The number of nitrogens with one attached hydrogen (secondary N) is 1. The lowest BCUT2D eigenvalue weighted by molar-refractivity contribution is -0.145. The van der Waals surface area contributed by atoms with Gasteiger partial charge in [-0.3, -0.25) is 4.79 Å². The van der Waals surface area contributed by atoms with E-state index >= 15 is 0 Å². The van der Waals surface area contributed by atoms with Crippen LogP contribution in [0.4, 0.5) is 4.39 Å². The second-order valence-corrected chi connectivity index (χ2v) is 8.53. The molecule has 4 rings (SSSR count). The van der Waals surface area contributed by atoms with E-state index in [-0.39, 0.29) is 29.7 Å². The van der Waals surface area contributed by atoms with E-state index in [1.165, 1.54) is 19.2 Å². The van der Waals surface area contributed by atoms with Crippen molar-refractivity contribution in [2.24, 2.45) is 5.92 Å². The molecular weight excluding hydrogens is 415 g/mol. The van der Waals surface area contributed by atoms with Crippen LogP contribution in [0.2, 0.25) is 0 Å². The number of carbonyl (C=O) groups is 1. The second kappa shape index (κ2) is 9.58. The Morgan fingerprint density at radius 3 is 2.68 bits per heavy atom. The standard InChI is InChI=1S/C24H25FN2O3S/c1-29-21-10-5-16(23-26-11-12-31-23)13-17(21)14-27-20-9-8-19(24(28)30-2)22(20)15-3-6-18(25)7-4-15/h3-7,10-13,19-20,22,27H,8-9,14H2,1-2H3. The number of rotatable bonds is 7. The molecule has 3 unspecified atom stereocenters. The van der Waals surface area contributed by atoms with Crippen LogP contribution in [-0.4, -0.2) is 31.2 Å². The number of carbonyl (C=O) groups excluding carboxylic acids is 1. The Bertz CT molecular complexity index is 1020. The van der Waals surface area contributed by atoms with E-state index in [9.17, 15) is 9.18 Å². The Labute approximate surface area is 185 Å². The van der Waals surface area contributed by atoms with Crippen molar-refractivity contribution >= 4 is 17.3 Å². The molecule has 1 aromatic heterocycles. The fourth-order valence-electron chi connectivity index (χ4n) is 4.45. The molecule has 0 aliphatic heterocycles. The van der Waals surface area contributed by atoms with Gasteiger partial charge in [-0.25, -0.2) is 9.37 Å². The molecule has 3 atom stereocenters. The van der Waals surface area contributed by atoms with Crippen LogP contribution in [0.5, 0.6) is 5.75 Å². The first kappa shape index (κ1) is 21.5. The molecule has 162 valence electrons. The fraction of sp³-hybridized carbons (Fsp3) is 0.333. The number of halogens is 1. The van der Waals surface area contributed by atoms with Crippen LogP contribution >= 0.6 is 11.3 Å². The van der Waals surface area contributed by atoms with Crippen LogP contribution in [-0.2, 0) is 16.1 Å². The third-order valence-electron chi connectivity index (χ3n) is 5.93. The van der Waals surface area contributed by atoms with Crippen molar-refractivity contribution in [2.45, 2.75) is 31.3 Å². The van der Waals surface area contributed by atoms with Crippen LogP contribution in [0.1, 0.15) is 29.9 Å². The number of benzene rings is 2. The van der Waals surface area contributed by atoms with E-state index in [4.69, 9.17) is 9.47 Å². The largest absolute Gasteiger partial charge is 0.496 e. The van der Waals surface area contributed by atoms with Crippen LogP contribution < -0.4 is 10.1 Å². The molecule has 1 heterocycles. The monoisotopic (exact) mass is 440 g/mol. The van der Waals surface area contributed by atoms with E-state index in [0.717, 1.165) is 40.3 Å². The molecule has 0 spiro atoms. The van der Waals surface area contributed by atoms with Crippen molar-refractivity contribution < 1.29 is 18.7 Å². The molecule has 0 radical (unpaired) electrons. The minimum Gasteiger partial charge on any atom is -0.496 e. The van der Waals surface area contributed by atoms with Gasteiger partial charge in [0.15, 0.2) is 0 Å². The van der Waals surface area contributed by atoms with E-state index in [0.29, 0.717) is 6.54 Å². The average molecular weight is 441 g/mol. The van der Waals surface area contributed by atoms with Crippen LogP contribution in [0.3, 0.4) is 0 Å². The Hall–Kier alpha value is -2.77. The molecule has 5 nitrogen and oxygen atoms in total. The molecule has 1 saturated carbocycles. The summed E-state index contributed by atoms with van der Waals surface area (Å²) in [4.78, 5) is 16.8. The summed E-state index contributed by atoms with van der Waals surface area (Å²) in [5.41, 5.74) is 3.01. The minimum absolute atomic E-state index is 0.0581. The van der Waals surface area contributed by atoms with E-state index < -0.39 is 0 Å². The van der Waals surface area contributed by atoms with Gasteiger partial charge in [-0.15, -0.1) is 11.3 Å². The molecule has 7 heteroatoms. The van der Waals surface area contributed by atoms with Gasteiger partial charge in [0.25, 0.3) is 0 Å². The second-order valence-electron chi connectivity index (χ2n) is 7.64. The first-order valence-electron chi connectivity index (χ1n) is 10.2. The molecule has 0 saturated heterocycles. The number of hydrogen-bond donors (Lipinski definition) is 1. The molecular formula is C24H25FN2O3S. The quantitative estimate of drug-likeness (QED) is 0.536. The highest BCUT2D eigenvalue weighted by molar-refractivity contribution is 7.13. The maximum absolute atomic E-state index is 13.5. The van der Waals surface area contributed by atoms with Gasteiger partial charge in [0.1, 0.15) is 16.6 Å². The number of aromatic nitrogens is 1. The van der Waals surface area contributed by atoms with E-state index in [1.54, 1.807) is 36.8 Å². The number of hydrogen-bond acceptors (Lipinski definition) is 6. The van der Waals surface area contributed by atoms with E-state index in [2.05, 4.69) is 16.4 Å². The summed E-state index contributed by atoms with van der Waals surface area (Å²) in [5.74, 6) is -0.0436. The average Bonchev–Trinajstić information content (AvgIpc) is 3.48. The van der Waals surface area contributed by atoms with Gasteiger partial charge < -0.3 is 14.8 Å². The summed E-state index contributed by atoms with van der Waals surface area (Å²) in [6.07, 6.45) is 3.35. The molecule has 0 bridgehead atoms. The molecule has 3 aromatic rings. The maximum atomic E-state index is 13.5. The summed E-state index contributed by atoms with van der Waals surface area (Å²) < 4.78 is 24.1. The SMILES string of the molecule is COC(=O)C1CCC(NCc2cc(-c3nccs3)ccc2OC)C1c1ccc(F)cc1. The van der Waals surface area contributed by atoms with Gasteiger partial charge in [-0.1, -0.05) is 12.1 Å². The van der Waals surface area contributed by atoms with Crippen molar-refractivity contribution in [1.29, 1.82) is 0 Å². The molecule has 0 amide bonds. The first-order valence-corrected chi connectivity index (χ1v) is 11.1. The zero-order chi connectivity index (χ0) is 21.8.